The molecule has 4 unspecified atom stereocenters. The Balaban J connectivity index is 1.88. The second-order valence-corrected chi connectivity index (χ2v) is 6.70. The maximum atomic E-state index is 14.0. The first-order chi connectivity index (χ1) is 9.58. The van der Waals surface area contributed by atoms with Crippen molar-refractivity contribution >= 4 is 0 Å². The molecule has 3 rings (SSSR count). The molecule has 0 saturated heterocycles. The first-order valence-electron chi connectivity index (χ1n) is 7.76. The van der Waals surface area contributed by atoms with Crippen LogP contribution in [-0.4, -0.2) is 24.0 Å². The zero-order chi connectivity index (χ0) is 14.3. The lowest BCUT2D eigenvalue weighted by Crippen LogP contribution is -2.56. The molecule has 0 radical (unpaired) electrons. The minimum Gasteiger partial charge on any atom is -0.329 e. The average Bonchev–Trinajstić information content (AvgIpc) is 3.07. The molecule has 2 bridgehead atoms. The second-order valence-electron chi connectivity index (χ2n) is 6.70. The van der Waals surface area contributed by atoms with E-state index >= 15 is 0 Å². The topological polar surface area (TPSA) is 29.3 Å². The van der Waals surface area contributed by atoms with E-state index in [2.05, 4.69) is 18.9 Å². The molecule has 2 nitrogen and oxygen atoms in total. The van der Waals surface area contributed by atoms with Crippen molar-refractivity contribution in [3.05, 3.63) is 35.6 Å². The average molecular weight is 276 g/mol. The lowest BCUT2D eigenvalue weighted by molar-refractivity contribution is 0.0329. The number of rotatable bonds is 4. The molecule has 3 heteroatoms. The van der Waals surface area contributed by atoms with Gasteiger partial charge < -0.3 is 5.73 Å². The molecule has 1 aromatic carbocycles. The summed E-state index contributed by atoms with van der Waals surface area (Å²) >= 11 is 0. The largest absolute Gasteiger partial charge is 0.329 e. The number of halogens is 1. The standard InChI is InChI=1S/C17H25FN2/c1-12(15-5-3-4-6-16(15)18)20(2)17(11-19)10-13-7-8-14(17)9-13/h3-6,12-14H,7-11,19H2,1-2H3. The van der Waals surface area contributed by atoms with E-state index in [-0.39, 0.29) is 17.4 Å². The summed E-state index contributed by atoms with van der Waals surface area (Å²) in [6.07, 6.45) is 5.14. The second kappa shape index (κ2) is 5.12. The molecule has 20 heavy (non-hydrogen) atoms. The Hall–Kier alpha value is -0.930. The highest BCUT2D eigenvalue weighted by Gasteiger charge is 2.53. The lowest BCUT2D eigenvalue weighted by atomic mass is 9.78. The number of likely N-dealkylation sites (N-methyl/N-ethyl adjacent to an activating group) is 1. The van der Waals surface area contributed by atoms with E-state index in [1.54, 1.807) is 12.1 Å². The van der Waals surface area contributed by atoms with Gasteiger partial charge >= 0.3 is 0 Å². The molecule has 110 valence electrons. The van der Waals surface area contributed by atoms with Crippen molar-refractivity contribution in [1.29, 1.82) is 0 Å². The molecule has 0 amide bonds. The van der Waals surface area contributed by atoms with E-state index in [0.717, 1.165) is 11.5 Å². The first-order valence-corrected chi connectivity index (χ1v) is 7.76. The zero-order valence-corrected chi connectivity index (χ0v) is 12.5. The minimum absolute atomic E-state index is 0.0686. The quantitative estimate of drug-likeness (QED) is 0.914. The molecule has 0 spiro atoms. The fraction of sp³-hybridized carbons (Fsp3) is 0.647. The summed E-state index contributed by atoms with van der Waals surface area (Å²) in [6, 6.07) is 7.18. The fourth-order valence-electron chi connectivity index (χ4n) is 4.65. The molecule has 4 atom stereocenters. The number of nitrogens with zero attached hydrogens (tertiary/aromatic N) is 1. The highest BCUT2D eigenvalue weighted by molar-refractivity contribution is 5.22. The van der Waals surface area contributed by atoms with Crippen molar-refractivity contribution in [3.63, 3.8) is 0 Å². The molecule has 1 aromatic rings. The molecule has 2 saturated carbocycles. The van der Waals surface area contributed by atoms with Gasteiger partial charge in [0, 0.05) is 23.7 Å². The molecule has 0 aliphatic heterocycles. The normalized spacial score (nSPS) is 33.9. The van der Waals surface area contributed by atoms with Crippen LogP contribution in [0.2, 0.25) is 0 Å². The summed E-state index contributed by atoms with van der Waals surface area (Å²) in [5.41, 5.74) is 7.03. The van der Waals surface area contributed by atoms with Crippen molar-refractivity contribution in [2.45, 2.75) is 44.2 Å². The summed E-state index contributed by atoms with van der Waals surface area (Å²) in [5.74, 6) is 1.41. The van der Waals surface area contributed by atoms with Gasteiger partial charge in [-0.2, -0.15) is 0 Å². The Morgan fingerprint density at radius 1 is 1.40 bits per heavy atom. The van der Waals surface area contributed by atoms with Crippen LogP contribution in [-0.2, 0) is 0 Å². The van der Waals surface area contributed by atoms with E-state index in [4.69, 9.17) is 5.73 Å². The molecule has 2 fully saturated rings. The van der Waals surface area contributed by atoms with Gasteiger partial charge in [0.1, 0.15) is 5.82 Å². The van der Waals surface area contributed by atoms with Gasteiger partial charge in [-0.3, -0.25) is 4.90 Å². The van der Waals surface area contributed by atoms with Crippen molar-refractivity contribution in [1.82, 2.24) is 4.90 Å². The molecule has 0 heterocycles. The van der Waals surface area contributed by atoms with E-state index in [0.29, 0.717) is 12.5 Å². The highest BCUT2D eigenvalue weighted by Crippen LogP contribution is 2.54. The summed E-state index contributed by atoms with van der Waals surface area (Å²) < 4.78 is 14.0. The van der Waals surface area contributed by atoms with Gasteiger partial charge in [0.2, 0.25) is 0 Å². The van der Waals surface area contributed by atoms with Crippen LogP contribution in [0.3, 0.4) is 0 Å². The predicted octanol–water partition coefficient (Wildman–Crippen LogP) is 3.34. The highest BCUT2D eigenvalue weighted by atomic mass is 19.1. The molecular weight excluding hydrogens is 251 g/mol. The van der Waals surface area contributed by atoms with Crippen molar-refractivity contribution < 1.29 is 4.39 Å². The van der Waals surface area contributed by atoms with Crippen LogP contribution in [0, 0.1) is 17.7 Å². The van der Waals surface area contributed by atoms with Crippen LogP contribution in [0.1, 0.15) is 44.2 Å². The molecular formula is C17H25FN2. The number of nitrogens with two attached hydrogens (primary N) is 1. The van der Waals surface area contributed by atoms with Crippen LogP contribution in [0.15, 0.2) is 24.3 Å². The van der Waals surface area contributed by atoms with Gasteiger partial charge in [-0.1, -0.05) is 24.6 Å². The number of hydrogen-bond donors (Lipinski definition) is 1. The van der Waals surface area contributed by atoms with Crippen molar-refractivity contribution in [2.24, 2.45) is 17.6 Å². The van der Waals surface area contributed by atoms with Gasteiger partial charge in [0.25, 0.3) is 0 Å². The van der Waals surface area contributed by atoms with E-state index in [1.807, 2.05) is 12.1 Å². The van der Waals surface area contributed by atoms with Crippen LogP contribution in [0.4, 0.5) is 4.39 Å². The number of benzene rings is 1. The summed E-state index contributed by atoms with van der Waals surface area (Å²) in [6.45, 7) is 2.78. The number of hydrogen-bond acceptors (Lipinski definition) is 2. The predicted molar refractivity (Wildman–Crippen MR) is 79.8 cm³/mol. The first kappa shape index (κ1) is 14.0. The van der Waals surface area contributed by atoms with Crippen LogP contribution in [0.25, 0.3) is 0 Å². The maximum absolute atomic E-state index is 14.0. The molecule has 2 aliphatic carbocycles. The molecule has 0 aromatic heterocycles. The van der Waals surface area contributed by atoms with Gasteiger partial charge in [0.05, 0.1) is 0 Å². The summed E-state index contributed by atoms with van der Waals surface area (Å²) in [4.78, 5) is 2.36. The minimum atomic E-state index is -0.109. The Kier molecular flexibility index (Phi) is 3.59. The Bertz CT molecular complexity index is 490. The van der Waals surface area contributed by atoms with Crippen molar-refractivity contribution in [3.8, 4) is 0 Å². The Morgan fingerprint density at radius 3 is 2.70 bits per heavy atom. The smallest absolute Gasteiger partial charge is 0.127 e. The summed E-state index contributed by atoms with van der Waals surface area (Å²) in [5, 5.41) is 0. The van der Waals surface area contributed by atoms with Crippen LogP contribution in [0.5, 0.6) is 0 Å². The van der Waals surface area contributed by atoms with Crippen LogP contribution < -0.4 is 5.73 Å². The fourth-order valence-corrected chi connectivity index (χ4v) is 4.65. The summed E-state index contributed by atoms with van der Waals surface area (Å²) in [7, 11) is 2.13. The van der Waals surface area contributed by atoms with Gasteiger partial charge in [-0.15, -0.1) is 0 Å². The third-order valence-corrected chi connectivity index (χ3v) is 5.94. The molecule has 2 aliphatic rings. The van der Waals surface area contributed by atoms with Gasteiger partial charge in [-0.05, 0) is 51.1 Å². The Labute approximate surface area is 121 Å². The van der Waals surface area contributed by atoms with E-state index < -0.39 is 0 Å². The Morgan fingerprint density at radius 2 is 2.15 bits per heavy atom. The third kappa shape index (κ3) is 1.99. The van der Waals surface area contributed by atoms with Gasteiger partial charge in [-0.25, -0.2) is 4.39 Å². The molecule has 2 N–H and O–H groups in total. The SMILES string of the molecule is CC(c1ccccc1F)N(C)C1(CN)CC2CCC1C2. The van der Waals surface area contributed by atoms with Crippen molar-refractivity contribution in [2.75, 3.05) is 13.6 Å². The number of fused-ring (bicyclic) bond motifs is 2. The maximum Gasteiger partial charge on any atom is 0.127 e. The lowest BCUT2D eigenvalue weighted by Gasteiger charge is -2.47. The van der Waals surface area contributed by atoms with Gasteiger partial charge in [0.15, 0.2) is 0 Å². The van der Waals surface area contributed by atoms with Crippen LogP contribution >= 0.6 is 0 Å². The van der Waals surface area contributed by atoms with E-state index in [1.165, 1.54) is 25.7 Å². The van der Waals surface area contributed by atoms with E-state index in [9.17, 15) is 4.39 Å². The third-order valence-electron chi connectivity index (χ3n) is 5.94. The monoisotopic (exact) mass is 276 g/mol. The zero-order valence-electron chi connectivity index (χ0n) is 12.5.